The Morgan fingerprint density at radius 3 is 2.95 bits per heavy atom. The van der Waals surface area contributed by atoms with Gasteiger partial charge in [-0.05, 0) is 26.2 Å². The van der Waals surface area contributed by atoms with E-state index >= 15 is 0 Å². The molecule has 0 radical (unpaired) electrons. The quantitative estimate of drug-likeness (QED) is 0.577. The maximum atomic E-state index is 12.2. The van der Waals surface area contributed by atoms with Crippen LogP contribution in [-0.2, 0) is 19.1 Å². The molecule has 1 aliphatic heterocycles. The molecule has 1 aliphatic carbocycles. The van der Waals surface area contributed by atoms with Crippen molar-refractivity contribution in [3.8, 4) is 12.3 Å². The Hall–Kier alpha value is -1.50. The third-order valence-corrected chi connectivity index (χ3v) is 4.10. The molecule has 19 heavy (non-hydrogen) atoms. The summed E-state index contributed by atoms with van der Waals surface area (Å²) in [5.74, 6) is 1.21. The van der Waals surface area contributed by atoms with Crippen molar-refractivity contribution in [3.63, 3.8) is 0 Å². The lowest BCUT2D eigenvalue weighted by Gasteiger charge is -2.35. The molecule has 2 aliphatic rings. The third-order valence-electron chi connectivity index (χ3n) is 4.10. The molecule has 104 valence electrons. The Kier molecular flexibility index (Phi) is 3.58. The molecule has 0 aromatic heterocycles. The van der Waals surface area contributed by atoms with Crippen LogP contribution in [0.4, 0.5) is 0 Å². The Bertz CT molecular complexity index is 436. The third kappa shape index (κ3) is 2.60. The Morgan fingerprint density at radius 1 is 1.63 bits per heavy atom. The van der Waals surface area contributed by atoms with Gasteiger partial charge in [0, 0.05) is 12.8 Å². The lowest BCUT2D eigenvalue weighted by Crippen LogP contribution is -2.41. The normalized spacial score (nSPS) is 38.2. The Morgan fingerprint density at radius 2 is 2.32 bits per heavy atom. The second kappa shape index (κ2) is 4.88. The van der Waals surface area contributed by atoms with Crippen molar-refractivity contribution in [3.05, 3.63) is 0 Å². The van der Waals surface area contributed by atoms with Gasteiger partial charge in [-0.1, -0.05) is 6.92 Å². The molecule has 5 atom stereocenters. The maximum Gasteiger partial charge on any atom is 0.310 e. The van der Waals surface area contributed by atoms with Gasteiger partial charge < -0.3 is 9.47 Å². The van der Waals surface area contributed by atoms with Crippen LogP contribution in [0.2, 0.25) is 0 Å². The molecule has 1 saturated carbocycles. The van der Waals surface area contributed by atoms with Crippen LogP contribution in [0.1, 0.15) is 40.0 Å². The lowest BCUT2D eigenvalue weighted by atomic mass is 9.69. The number of ether oxygens (including phenoxy) is 2. The monoisotopic (exact) mass is 264 g/mol. The van der Waals surface area contributed by atoms with Gasteiger partial charge in [-0.3, -0.25) is 9.59 Å². The van der Waals surface area contributed by atoms with E-state index in [4.69, 9.17) is 15.9 Å². The zero-order chi connectivity index (χ0) is 14.2. The van der Waals surface area contributed by atoms with Gasteiger partial charge in [-0.15, -0.1) is 12.3 Å². The van der Waals surface area contributed by atoms with E-state index in [1.807, 2.05) is 13.8 Å². The first-order valence-electron chi connectivity index (χ1n) is 6.73. The van der Waals surface area contributed by atoms with E-state index in [0.717, 1.165) is 0 Å². The van der Waals surface area contributed by atoms with Crippen molar-refractivity contribution >= 4 is 11.9 Å². The smallest absolute Gasteiger partial charge is 0.310 e. The minimum Gasteiger partial charge on any atom is -0.461 e. The molecule has 0 N–H and O–H groups in total. The summed E-state index contributed by atoms with van der Waals surface area (Å²) >= 11 is 0. The summed E-state index contributed by atoms with van der Waals surface area (Å²) < 4.78 is 10.7. The number of esters is 2. The predicted molar refractivity (Wildman–Crippen MR) is 68.9 cm³/mol. The highest BCUT2D eigenvalue weighted by atomic mass is 16.6. The van der Waals surface area contributed by atoms with Crippen molar-refractivity contribution in [1.29, 1.82) is 0 Å². The number of hydrogen-bond donors (Lipinski definition) is 0. The number of rotatable bonds is 3. The molecule has 0 spiro atoms. The first-order chi connectivity index (χ1) is 8.86. The molecule has 0 aromatic rings. The molecule has 0 unspecified atom stereocenters. The summed E-state index contributed by atoms with van der Waals surface area (Å²) in [6.45, 7) is 5.68. The summed E-state index contributed by atoms with van der Waals surface area (Å²) in [6.07, 6.45) is 6.59. The van der Waals surface area contributed by atoms with Crippen LogP contribution < -0.4 is 0 Å². The van der Waals surface area contributed by atoms with Crippen molar-refractivity contribution < 1.29 is 19.1 Å². The van der Waals surface area contributed by atoms with E-state index in [2.05, 4.69) is 5.92 Å². The van der Waals surface area contributed by atoms with Crippen molar-refractivity contribution in [2.45, 2.75) is 51.7 Å². The van der Waals surface area contributed by atoms with Gasteiger partial charge in [-0.25, -0.2) is 0 Å². The highest BCUT2D eigenvalue weighted by Gasteiger charge is 2.56. The lowest BCUT2D eigenvalue weighted by molar-refractivity contribution is -0.160. The summed E-state index contributed by atoms with van der Waals surface area (Å²) in [5.41, 5.74) is -0.400. The summed E-state index contributed by atoms with van der Waals surface area (Å²) in [7, 11) is 0. The fourth-order valence-electron chi connectivity index (χ4n) is 3.39. The van der Waals surface area contributed by atoms with Crippen molar-refractivity contribution in [2.75, 3.05) is 0 Å². The number of carbonyl (C=O) groups excluding carboxylic acids is 2. The molecular weight excluding hydrogens is 244 g/mol. The standard InChI is InChI=1S/C15H20O4/c1-5-6-10(3)18-14(17)12-9(2)7-15(4)8-11(12)13(16)19-15/h1,9-12H,6-8H2,2-4H3/t9-,10+,11+,12-,15+/m1/s1. The van der Waals surface area contributed by atoms with Gasteiger partial charge in [0.05, 0.1) is 11.8 Å². The van der Waals surface area contributed by atoms with Gasteiger partial charge in [0.1, 0.15) is 11.7 Å². The zero-order valence-corrected chi connectivity index (χ0v) is 11.6. The second-order valence-electron chi connectivity index (χ2n) is 6.04. The Balaban J connectivity index is 2.09. The van der Waals surface area contributed by atoms with E-state index in [-0.39, 0.29) is 29.9 Å². The van der Waals surface area contributed by atoms with Crippen LogP contribution in [0.15, 0.2) is 0 Å². The zero-order valence-electron chi connectivity index (χ0n) is 11.6. The number of fused-ring (bicyclic) bond motifs is 2. The van der Waals surface area contributed by atoms with Gasteiger partial charge in [-0.2, -0.15) is 0 Å². The molecular formula is C15H20O4. The predicted octanol–water partition coefficient (Wildman–Crippen LogP) is 1.92. The first-order valence-corrected chi connectivity index (χ1v) is 6.73. The molecule has 2 bridgehead atoms. The largest absolute Gasteiger partial charge is 0.461 e. The highest BCUT2D eigenvalue weighted by molar-refractivity contribution is 5.84. The summed E-state index contributed by atoms with van der Waals surface area (Å²) in [5, 5.41) is 0. The minimum absolute atomic E-state index is 0.0840. The summed E-state index contributed by atoms with van der Waals surface area (Å²) in [6, 6.07) is 0. The molecule has 0 aromatic carbocycles. The molecule has 2 fully saturated rings. The van der Waals surface area contributed by atoms with Gasteiger partial charge in [0.25, 0.3) is 0 Å². The van der Waals surface area contributed by atoms with E-state index in [1.54, 1.807) is 6.92 Å². The molecule has 4 heteroatoms. The molecule has 1 saturated heterocycles. The summed E-state index contributed by atoms with van der Waals surface area (Å²) in [4.78, 5) is 24.1. The maximum absolute atomic E-state index is 12.2. The van der Waals surface area contributed by atoms with Crippen LogP contribution >= 0.6 is 0 Å². The first kappa shape index (κ1) is 13.9. The second-order valence-corrected chi connectivity index (χ2v) is 6.04. The van der Waals surface area contributed by atoms with Gasteiger partial charge >= 0.3 is 11.9 Å². The molecule has 1 heterocycles. The van der Waals surface area contributed by atoms with Crippen LogP contribution in [-0.4, -0.2) is 23.6 Å². The van der Waals surface area contributed by atoms with E-state index in [0.29, 0.717) is 19.3 Å². The van der Waals surface area contributed by atoms with Crippen LogP contribution in [0, 0.1) is 30.1 Å². The van der Waals surface area contributed by atoms with E-state index < -0.39 is 11.5 Å². The highest BCUT2D eigenvalue weighted by Crippen LogP contribution is 2.48. The van der Waals surface area contributed by atoms with Crippen molar-refractivity contribution in [2.24, 2.45) is 17.8 Å². The number of terminal acetylenes is 1. The average Bonchev–Trinajstić information content (AvgIpc) is 2.49. The van der Waals surface area contributed by atoms with Crippen LogP contribution in [0.3, 0.4) is 0 Å². The Labute approximate surface area is 113 Å². The molecule has 0 amide bonds. The van der Waals surface area contributed by atoms with E-state index in [1.165, 1.54) is 0 Å². The van der Waals surface area contributed by atoms with Crippen LogP contribution in [0.25, 0.3) is 0 Å². The fraction of sp³-hybridized carbons (Fsp3) is 0.733. The van der Waals surface area contributed by atoms with E-state index in [9.17, 15) is 9.59 Å². The van der Waals surface area contributed by atoms with Gasteiger partial charge in [0.15, 0.2) is 0 Å². The minimum atomic E-state index is -0.400. The average molecular weight is 264 g/mol. The fourth-order valence-corrected chi connectivity index (χ4v) is 3.39. The number of carbonyl (C=O) groups is 2. The number of hydrogen-bond acceptors (Lipinski definition) is 4. The SMILES string of the molecule is C#CC[C@H](C)OC(=O)[C@@H]1[C@H](C)C[C@@]2(C)C[C@@H]1C(=O)O2. The van der Waals surface area contributed by atoms with Crippen molar-refractivity contribution in [1.82, 2.24) is 0 Å². The molecule has 2 rings (SSSR count). The van der Waals surface area contributed by atoms with Gasteiger partial charge in [0.2, 0.25) is 0 Å². The van der Waals surface area contributed by atoms with Crippen LogP contribution in [0.5, 0.6) is 0 Å². The topological polar surface area (TPSA) is 52.6 Å². The molecule has 4 nitrogen and oxygen atoms in total.